The molecule has 0 aliphatic heterocycles. The molecule has 0 radical (unpaired) electrons. The molecule has 0 aromatic carbocycles. The van der Waals surface area contributed by atoms with Crippen molar-refractivity contribution >= 4 is 11.6 Å². The summed E-state index contributed by atoms with van der Waals surface area (Å²) in [6, 6.07) is 3.26. The molecule has 3 heterocycles. The van der Waals surface area contributed by atoms with E-state index in [2.05, 4.69) is 31.0 Å². The maximum atomic E-state index is 12.4. The van der Waals surface area contributed by atoms with E-state index in [9.17, 15) is 4.79 Å². The first-order valence-electron chi connectivity index (χ1n) is 6.94. The summed E-state index contributed by atoms with van der Waals surface area (Å²) in [5.74, 6) is 0.505. The van der Waals surface area contributed by atoms with Gasteiger partial charge < -0.3 is 9.88 Å². The van der Waals surface area contributed by atoms with Crippen molar-refractivity contribution in [2.45, 2.75) is 32.9 Å². The predicted octanol–water partition coefficient (Wildman–Crippen LogP) is 0.788. The molecule has 0 saturated carbocycles. The molecule has 3 aromatic rings. The Labute approximate surface area is 126 Å². The van der Waals surface area contributed by atoms with E-state index < -0.39 is 0 Å². The van der Waals surface area contributed by atoms with Gasteiger partial charge in [-0.3, -0.25) is 4.79 Å². The van der Waals surface area contributed by atoms with Gasteiger partial charge in [-0.2, -0.15) is 0 Å². The van der Waals surface area contributed by atoms with Crippen LogP contribution in [0.1, 0.15) is 49.0 Å². The van der Waals surface area contributed by atoms with Gasteiger partial charge in [-0.1, -0.05) is 0 Å². The van der Waals surface area contributed by atoms with E-state index in [0.717, 1.165) is 0 Å². The van der Waals surface area contributed by atoms with Crippen LogP contribution in [0.5, 0.6) is 0 Å². The number of aromatic nitrogens is 7. The average Bonchev–Trinajstić information content (AvgIpc) is 3.15. The monoisotopic (exact) mass is 300 g/mol. The van der Waals surface area contributed by atoms with Crippen LogP contribution in [0, 0.1) is 0 Å². The number of nitrogens with one attached hydrogen (secondary N) is 1. The van der Waals surface area contributed by atoms with Gasteiger partial charge in [0.1, 0.15) is 6.33 Å². The number of hydrogen-bond acceptors (Lipinski definition) is 6. The summed E-state index contributed by atoms with van der Waals surface area (Å²) in [5.41, 5.74) is 1.01. The number of nitrogens with zero attached hydrogens (tertiary/aromatic N) is 7. The molecule has 1 amide bonds. The molecule has 3 aromatic heterocycles. The lowest BCUT2D eigenvalue weighted by molar-refractivity contribution is 0.0937. The standard InChI is InChI=1S/C13H16N8O/c1-8(2)20-7-14-17-12(20)9(3)15-13(22)10-4-5-21-11(6-10)16-18-19-21/h4-9H,1-3H3,(H,15,22)/t9-/m1/s1. The molecule has 0 spiro atoms. The number of hydrogen-bond donors (Lipinski definition) is 1. The Morgan fingerprint density at radius 3 is 2.86 bits per heavy atom. The fourth-order valence-electron chi connectivity index (χ4n) is 2.19. The highest BCUT2D eigenvalue weighted by atomic mass is 16.1. The first-order valence-corrected chi connectivity index (χ1v) is 6.94. The maximum absolute atomic E-state index is 12.4. The van der Waals surface area contributed by atoms with E-state index in [1.54, 1.807) is 24.7 Å². The van der Waals surface area contributed by atoms with Crippen molar-refractivity contribution in [2.24, 2.45) is 0 Å². The third-order valence-electron chi connectivity index (χ3n) is 3.35. The zero-order valence-electron chi connectivity index (χ0n) is 12.5. The second-order valence-corrected chi connectivity index (χ2v) is 5.28. The molecule has 0 saturated heterocycles. The van der Waals surface area contributed by atoms with Gasteiger partial charge in [-0.25, -0.2) is 4.52 Å². The topological polar surface area (TPSA) is 103 Å². The van der Waals surface area contributed by atoms with Crippen LogP contribution >= 0.6 is 0 Å². The second-order valence-electron chi connectivity index (χ2n) is 5.28. The number of rotatable bonds is 4. The molecule has 22 heavy (non-hydrogen) atoms. The molecular formula is C13H16N8O. The van der Waals surface area contributed by atoms with Crippen molar-refractivity contribution in [3.63, 3.8) is 0 Å². The number of pyridine rings is 1. The summed E-state index contributed by atoms with van der Waals surface area (Å²) in [5, 5.41) is 22.0. The summed E-state index contributed by atoms with van der Waals surface area (Å²) < 4.78 is 3.42. The van der Waals surface area contributed by atoms with Crippen molar-refractivity contribution in [3.05, 3.63) is 36.0 Å². The number of carbonyl (C=O) groups is 1. The Morgan fingerprint density at radius 1 is 1.27 bits per heavy atom. The molecule has 9 nitrogen and oxygen atoms in total. The normalized spacial score (nSPS) is 12.7. The Balaban J connectivity index is 1.79. The van der Waals surface area contributed by atoms with Gasteiger partial charge in [0.2, 0.25) is 0 Å². The Bertz CT molecular complexity index is 805. The molecule has 1 atom stereocenters. The van der Waals surface area contributed by atoms with Gasteiger partial charge in [0.25, 0.3) is 5.91 Å². The van der Waals surface area contributed by atoms with Gasteiger partial charge in [-0.05, 0) is 43.3 Å². The highest BCUT2D eigenvalue weighted by Gasteiger charge is 2.18. The van der Waals surface area contributed by atoms with Gasteiger partial charge in [0.15, 0.2) is 11.5 Å². The van der Waals surface area contributed by atoms with Crippen LogP contribution in [-0.2, 0) is 0 Å². The molecule has 0 fully saturated rings. The summed E-state index contributed by atoms with van der Waals surface area (Å²) in [6.45, 7) is 5.94. The summed E-state index contributed by atoms with van der Waals surface area (Å²) in [4.78, 5) is 12.4. The van der Waals surface area contributed by atoms with E-state index in [0.29, 0.717) is 17.0 Å². The molecule has 3 rings (SSSR count). The number of fused-ring (bicyclic) bond motifs is 1. The quantitative estimate of drug-likeness (QED) is 0.764. The van der Waals surface area contributed by atoms with E-state index in [1.807, 2.05) is 25.3 Å². The maximum Gasteiger partial charge on any atom is 0.252 e. The van der Waals surface area contributed by atoms with E-state index in [1.165, 1.54) is 4.52 Å². The van der Waals surface area contributed by atoms with Gasteiger partial charge >= 0.3 is 0 Å². The lowest BCUT2D eigenvalue weighted by Gasteiger charge is -2.16. The van der Waals surface area contributed by atoms with Crippen molar-refractivity contribution < 1.29 is 4.79 Å². The third-order valence-corrected chi connectivity index (χ3v) is 3.35. The Morgan fingerprint density at radius 2 is 2.09 bits per heavy atom. The van der Waals surface area contributed by atoms with Crippen molar-refractivity contribution in [1.29, 1.82) is 0 Å². The van der Waals surface area contributed by atoms with Crippen LogP contribution in [0.25, 0.3) is 5.65 Å². The number of amides is 1. The molecule has 9 heteroatoms. The molecule has 1 N–H and O–H groups in total. The Kier molecular flexibility index (Phi) is 3.53. The zero-order valence-corrected chi connectivity index (χ0v) is 12.5. The number of carbonyl (C=O) groups excluding carboxylic acids is 1. The smallest absolute Gasteiger partial charge is 0.252 e. The van der Waals surface area contributed by atoms with Crippen LogP contribution in [0.15, 0.2) is 24.7 Å². The summed E-state index contributed by atoms with van der Waals surface area (Å²) in [6.07, 6.45) is 3.31. The predicted molar refractivity (Wildman–Crippen MR) is 77.1 cm³/mol. The van der Waals surface area contributed by atoms with Crippen LogP contribution in [0.3, 0.4) is 0 Å². The van der Waals surface area contributed by atoms with Crippen LogP contribution in [-0.4, -0.2) is 40.7 Å². The summed E-state index contributed by atoms with van der Waals surface area (Å²) >= 11 is 0. The van der Waals surface area contributed by atoms with Crippen molar-refractivity contribution in [1.82, 2.24) is 40.1 Å². The molecule has 0 aliphatic rings. The lowest BCUT2D eigenvalue weighted by Crippen LogP contribution is -2.29. The zero-order chi connectivity index (χ0) is 15.7. The molecule has 0 aliphatic carbocycles. The first kappa shape index (κ1) is 14.1. The molecule has 114 valence electrons. The highest BCUT2D eigenvalue weighted by molar-refractivity contribution is 5.95. The van der Waals surface area contributed by atoms with Crippen molar-refractivity contribution in [3.8, 4) is 0 Å². The van der Waals surface area contributed by atoms with Gasteiger partial charge in [0, 0.05) is 17.8 Å². The van der Waals surface area contributed by atoms with Gasteiger partial charge in [-0.15, -0.1) is 15.3 Å². The van der Waals surface area contributed by atoms with Gasteiger partial charge in [0.05, 0.1) is 6.04 Å². The van der Waals surface area contributed by atoms with E-state index >= 15 is 0 Å². The minimum absolute atomic E-state index is 0.212. The third kappa shape index (κ3) is 2.52. The minimum atomic E-state index is -0.260. The summed E-state index contributed by atoms with van der Waals surface area (Å²) in [7, 11) is 0. The first-order chi connectivity index (χ1) is 10.6. The van der Waals surface area contributed by atoms with E-state index in [4.69, 9.17) is 0 Å². The van der Waals surface area contributed by atoms with Crippen LogP contribution in [0.4, 0.5) is 0 Å². The largest absolute Gasteiger partial charge is 0.342 e. The van der Waals surface area contributed by atoms with Crippen LogP contribution in [0.2, 0.25) is 0 Å². The minimum Gasteiger partial charge on any atom is -0.342 e. The van der Waals surface area contributed by atoms with Crippen molar-refractivity contribution in [2.75, 3.05) is 0 Å². The molecule has 0 bridgehead atoms. The lowest BCUT2D eigenvalue weighted by atomic mass is 10.2. The van der Waals surface area contributed by atoms with E-state index in [-0.39, 0.29) is 18.0 Å². The van der Waals surface area contributed by atoms with Crippen LogP contribution < -0.4 is 5.32 Å². The fourth-order valence-corrected chi connectivity index (χ4v) is 2.19. The Hall–Kier alpha value is -2.84. The number of tetrazole rings is 1. The molecule has 0 unspecified atom stereocenters. The SMILES string of the molecule is CC(C)n1cnnc1[C@@H](C)NC(=O)c1ccn2nnnc2c1. The fraction of sp³-hybridized carbons (Fsp3) is 0.385. The average molecular weight is 300 g/mol. The molecular weight excluding hydrogens is 284 g/mol. The second kappa shape index (κ2) is 5.51. The highest BCUT2D eigenvalue weighted by Crippen LogP contribution is 2.15.